The van der Waals surface area contributed by atoms with E-state index in [4.69, 9.17) is 23.8 Å². The number of hydrogen-bond donors (Lipinski definition) is 0. The van der Waals surface area contributed by atoms with Gasteiger partial charge in [0.05, 0.1) is 22.3 Å². The fourth-order valence-electron chi connectivity index (χ4n) is 7.00. The molecule has 0 aliphatic heterocycles. The van der Waals surface area contributed by atoms with E-state index in [9.17, 15) is 0 Å². The number of nitrogens with zero attached hydrogens (tertiary/aromatic N) is 4. The minimum Gasteiger partial charge on any atom is -0.455 e. The Balaban J connectivity index is 1.26. The van der Waals surface area contributed by atoms with Crippen molar-refractivity contribution in [1.29, 1.82) is 0 Å². The molecule has 0 aliphatic carbocycles. The molecule has 0 atom stereocenters. The van der Waals surface area contributed by atoms with Gasteiger partial charge < -0.3 is 13.7 Å². The van der Waals surface area contributed by atoms with Crippen molar-refractivity contribution in [2.75, 3.05) is 4.90 Å². The summed E-state index contributed by atoms with van der Waals surface area (Å²) in [6, 6.07) is 57.3. The maximum absolute atomic E-state index is 6.78. The van der Waals surface area contributed by atoms with Crippen LogP contribution < -0.4 is 4.90 Å². The molecule has 3 heterocycles. The highest BCUT2D eigenvalue weighted by Crippen LogP contribution is 2.48. The predicted octanol–water partition coefficient (Wildman–Crippen LogP) is 12.1. The first kappa shape index (κ1) is 28.9. The minimum atomic E-state index is 0.531. The summed E-state index contributed by atoms with van der Waals surface area (Å²) in [6.07, 6.45) is 0. The van der Waals surface area contributed by atoms with E-state index < -0.39 is 0 Å². The summed E-state index contributed by atoms with van der Waals surface area (Å²) < 4.78 is 13.4. The third-order valence-corrected chi connectivity index (χ3v) is 9.32. The number of anilines is 3. The molecule has 6 heteroatoms. The average Bonchev–Trinajstić information content (AvgIpc) is 3.79. The summed E-state index contributed by atoms with van der Waals surface area (Å²) in [4.78, 5) is 17.3. The summed E-state index contributed by atoms with van der Waals surface area (Å²) in [5.41, 5.74) is 8.57. The van der Waals surface area contributed by atoms with E-state index in [1.165, 1.54) is 0 Å². The number of hydrogen-bond acceptors (Lipinski definition) is 6. The van der Waals surface area contributed by atoms with Gasteiger partial charge in [0.1, 0.15) is 16.7 Å². The van der Waals surface area contributed by atoms with Crippen molar-refractivity contribution >= 4 is 60.9 Å². The van der Waals surface area contributed by atoms with Gasteiger partial charge in [-0.25, -0.2) is 15.0 Å². The number of aromatic nitrogens is 3. The van der Waals surface area contributed by atoms with Crippen LogP contribution in [0.1, 0.15) is 0 Å². The molecule has 7 aromatic carbocycles. The van der Waals surface area contributed by atoms with E-state index in [2.05, 4.69) is 71.6 Å². The zero-order valence-electron chi connectivity index (χ0n) is 27.3. The number of para-hydroxylation sites is 4. The van der Waals surface area contributed by atoms with Gasteiger partial charge in [-0.3, -0.25) is 0 Å². The molecule has 0 unspecified atom stereocenters. The summed E-state index contributed by atoms with van der Waals surface area (Å²) in [5.74, 6) is 1.72. The van der Waals surface area contributed by atoms with Gasteiger partial charge >= 0.3 is 0 Å². The van der Waals surface area contributed by atoms with Gasteiger partial charge in [-0.1, -0.05) is 127 Å². The molecule has 0 saturated carbocycles. The van der Waals surface area contributed by atoms with Gasteiger partial charge in [0.2, 0.25) is 0 Å². The largest absolute Gasteiger partial charge is 0.455 e. The molecule has 0 bridgehead atoms. The second-order valence-electron chi connectivity index (χ2n) is 12.4. The molecular weight excluding hydrogens is 629 g/mol. The van der Waals surface area contributed by atoms with Gasteiger partial charge in [-0.05, 0) is 42.5 Å². The van der Waals surface area contributed by atoms with Gasteiger partial charge in [-0.2, -0.15) is 0 Å². The predicted molar refractivity (Wildman–Crippen MR) is 205 cm³/mol. The Kier molecular flexibility index (Phi) is 6.70. The van der Waals surface area contributed by atoms with Crippen LogP contribution in [0.5, 0.6) is 0 Å². The van der Waals surface area contributed by atoms with E-state index in [-0.39, 0.29) is 0 Å². The topological polar surface area (TPSA) is 68.2 Å². The molecule has 0 spiro atoms. The van der Waals surface area contributed by atoms with Crippen LogP contribution in [0.15, 0.2) is 179 Å². The first-order valence-corrected chi connectivity index (χ1v) is 16.9. The highest BCUT2D eigenvalue weighted by Gasteiger charge is 2.26. The SMILES string of the molecule is c1ccc(-c2nc(-c3ccccc3)nc(-c3ccc(N(c4ccccc4)c4cccc5c4oc4ccccc45)c4c3oc3ccccc34)n2)cc1. The van der Waals surface area contributed by atoms with Gasteiger partial charge in [0.15, 0.2) is 23.1 Å². The number of furan rings is 2. The van der Waals surface area contributed by atoms with Gasteiger partial charge in [-0.15, -0.1) is 0 Å². The summed E-state index contributed by atoms with van der Waals surface area (Å²) in [7, 11) is 0. The average molecular weight is 657 g/mol. The van der Waals surface area contributed by atoms with Crippen LogP contribution in [0.4, 0.5) is 17.1 Å². The fourth-order valence-corrected chi connectivity index (χ4v) is 7.00. The normalized spacial score (nSPS) is 11.5. The molecule has 10 aromatic rings. The van der Waals surface area contributed by atoms with Crippen molar-refractivity contribution in [3.63, 3.8) is 0 Å². The Morgan fingerprint density at radius 2 is 0.902 bits per heavy atom. The highest BCUT2D eigenvalue weighted by molar-refractivity contribution is 6.18. The van der Waals surface area contributed by atoms with E-state index in [1.54, 1.807) is 0 Å². The standard InChI is InChI=1S/C45H28N4O2/c1-4-15-29(16-5-1)43-46-44(30-17-6-2-7-18-30)48-45(47-43)35-27-28-36(40-34-22-11-13-26-39(34)51-42(35)40)49(31-19-8-3-9-20-31)37-24-14-23-33-32-21-10-12-25-38(32)50-41(33)37/h1-28H. The third-order valence-electron chi connectivity index (χ3n) is 9.32. The molecule has 0 fully saturated rings. The molecular formula is C45H28N4O2. The van der Waals surface area contributed by atoms with Gasteiger partial charge in [0.25, 0.3) is 0 Å². The van der Waals surface area contributed by atoms with Crippen LogP contribution >= 0.6 is 0 Å². The quantitative estimate of drug-likeness (QED) is 0.177. The molecule has 10 rings (SSSR count). The van der Waals surface area contributed by atoms with E-state index in [0.29, 0.717) is 23.1 Å². The molecule has 0 amide bonds. The van der Waals surface area contributed by atoms with Crippen LogP contribution in [0.3, 0.4) is 0 Å². The first-order chi connectivity index (χ1) is 25.3. The Bertz CT molecular complexity index is 2810. The molecule has 51 heavy (non-hydrogen) atoms. The van der Waals surface area contributed by atoms with Crippen LogP contribution in [0.25, 0.3) is 78.0 Å². The molecule has 0 aliphatic rings. The van der Waals surface area contributed by atoms with Crippen molar-refractivity contribution in [2.45, 2.75) is 0 Å². The van der Waals surface area contributed by atoms with Crippen molar-refractivity contribution in [3.8, 4) is 34.2 Å². The lowest BCUT2D eigenvalue weighted by molar-refractivity contribution is 0.668. The maximum atomic E-state index is 6.78. The second-order valence-corrected chi connectivity index (χ2v) is 12.4. The third kappa shape index (κ3) is 4.84. The van der Waals surface area contributed by atoms with Crippen molar-refractivity contribution in [2.24, 2.45) is 0 Å². The smallest absolute Gasteiger partial charge is 0.167 e. The first-order valence-electron chi connectivity index (χ1n) is 16.9. The number of fused-ring (bicyclic) bond motifs is 6. The zero-order chi connectivity index (χ0) is 33.7. The summed E-state index contributed by atoms with van der Waals surface area (Å²) >= 11 is 0. The van der Waals surface area contributed by atoms with E-state index in [0.717, 1.165) is 72.0 Å². The van der Waals surface area contributed by atoms with E-state index >= 15 is 0 Å². The van der Waals surface area contributed by atoms with Crippen LogP contribution in [-0.4, -0.2) is 15.0 Å². The van der Waals surface area contributed by atoms with Gasteiger partial charge in [0, 0.05) is 33.0 Å². The summed E-state index contributed by atoms with van der Waals surface area (Å²) in [6.45, 7) is 0. The zero-order valence-corrected chi connectivity index (χ0v) is 27.3. The monoisotopic (exact) mass is 656 g/mol. The lowest BCUT2D eigenvalue weighted by atomic mass is 10.0. The fraction of sp³-hybridized carbons (Fsp3) is 0. The number of benzene rings is 7. The Morgan fingerprint density at radius 3 is 1.59 bits per heavy atom. The minimum absolute atomic E-state index is 0.531. The Labute approximate surface area is 292 Å². The lowest BCUT2D eigenvalue weighted by Crippen LogP contribution is -2.11. The Morgan fingerprint density at radius 1 is 0.373 bits per heavy atom. The summed E-state index contributed by atoms with van der Waals surface area (Å²) in [5, 5.41) is 4.07. The molecule has 6 nitrogen and oxygen atoms in total. The molecule has 3 aromatic heterocycles. The second kappa shape index (κ2) is 11.8. The van der Waals surface area contributed by atoms with Crippen LogP contribution in [-0.2, 0) is 0 Å². The molecule has 0 saturated heterocycles. The van der Waals surface area contributed by atoms with Crippen LogP contribution in [0, 0.1) is 0 Å². The van der Waals surface area contributed by atoms with Crippen molar-refractivity contribution < 1.29 is 8.83 Å². The number of rotatable bonds is 6. The maximum Gasteiger partial charge on any atom is 0.167 e. The molecule has 0 radical (unpaired) electrons. The van der Waals surface area contributed by atoms with Crippen molar-refractivity contribution in [1.82, 2.24) is 15.0 Å². The molecule has 240 valence electrons. The van der Waals surface area contributed by atoms with Crippen molar-refractivity contribution in [3.05, 3.63) is 170 Å². The molecule has 0 N–H and O–H groups in total. The van der Waals surface area contributed by atoms with E-state index in [1.807, 2.05) is 103 Å². The highest BCUT2D eigenvalue weighted by atomic mass is 16.3. The lowest BCUT2D eigenvalue weighted by Gasteiger charge is -2.26. The Hall–Kier alpha value is -7.05. The van der Waals surface area contributed by atoms with Crippen LogP contribution in [0.2, 0.25) is 0 Å².